The third-order valence-corrected chi connectivity index (χ3v) is 1.02. The van der Waals surface area contributed by atoms with Gasteiger partial charge in [0.1, 0.15) is 0 Å². The van der Waals surface area contributed by atoms with E-state index in [1.807, 2.05) is 0 Å². The molecule has 0 spiro atoms. The van der Waals surface area contributed by atoms with Gasteiger partial charge in [-0.25, -0.2) is 4.79 Å². The molecule has 0 rings (SSSR count). The zero-order chi connectivity index (χ0) is 8.15. The van der Waals surface area contributed by atoms with Crippen LogP contribution in [-0.4, -0.2) is 17.4 Å². The molecular formula is C7H9O3. The summed E-state index contributed by atoms with van der Waals surface area (Å²) in [6.45, 7) is 3.02. The van der Waals surface area contributed by atoms with Crippen LogP contribution in [0.1, 0.15) is 13.8 Å². The Balaban J connectivity index is 4.15. The van der Waals surface area contributed by atoms with E-state index in [4.69, 9.17) is 5.11 Å². The highest BCUT2D eigenvalue weighted by molar-refractivity contribution is 5.86. The maximum atomic E-state index is 10.2. The van der Waals surface area contributed by atoms with Crippen LogP contribution in [0.15, 0.2) is 11.6 Å². The van der Waals surface area contributed by atoms with Crippen LogP contribution in [0.25, 0.3) is 0 Å². The normalized spacial score (nSPS) is 14.4. The fourth-order valence-electron chi connectivity index (χ4n) is 0.480. The Morgan fingerprint density at radius 3 is 2.50 bits per heavy atom. The van der Waals surface area contributed by atoms with Gasteiger partial charge in [0.25, 0.3) is 0 Å². The zero-order valence-corrected chi connectivity index (χ0v) is 5.92. The Labute approximate surface area is 59.4 Å². The molecule has 1 radical (unpaired) electrons. The Kier molecular flexibility index (Phi) is 3.39. The molecule has 0 aromatic rings. The molecule has 0 aliphatic carbocycles. The minimum atomic E-state index is -0.998. The number of carbonyl (C=O) groups excluding carboxylic acids is 1. The lowest BCUT2D eigenvalue weighted by Crippen LogP contribution is -1.99. The van der Waals surface area contributed by atoms with Gasteiger partial charge in [0.15, 0.2) is 0 Å². The number of rotatable bonds is 3. The first-order valence-electron chi connectivity index (χ1n) is 2.87. The van der Waals surface area contributed by atoms with Crippen molar-refractivity contribution >= 4 is 12.3 Å². The van der Waals surface area contributed by atoms with E-state index in [2.05, 4.69) is 0 Å². The Morgan fingerprint density at radius 2 is 2.20 bits per heavy atom. The number of carboxylic acid groups (broad SMARTS) is 1. The standard InChI is InChI=1S/C7H9O3/c1-5(4-8)3-6(2)7(9)10/h3,5H,1-2H3,(H,9,10). The summed E-state index contributed by atoms with van der Waals surface area (Å²) in [7, 11) is 0. The van der Waals surface area contributed by atoms with Crippen molar-refractivity contribution in [3.05, 3.63) is 11.6 Å². The second kappa shape index (κ2) is 3.82. The highest BCUT2D eigenvalue weighted by atomic mass is 16.4. The minimum absolute atomic E-state index is 0.177. The summed E-state index contributed by atoms with van der Waals surface area (Å²) >= 11 is 0. The predicted octanol–water partition coefficient (Wildman–Crippen LogP) is 0.763. The van der Waals surface area contributed by atoms with E-state index in [0.717, 1.165) is 0 Å². The van der Waals surface area contributed by atoms with Crippen LogP contribution < -0.4 is 0 Å². The van der Waals surface area contributed by atoms with Crippen molar-refractivity contribution in [1.29, 1.82) is 0 Å². The number of hydrogen-bond acceptors (Lipinski definition) is 2. The fraction of sp³-hybridized carbons (Fsp3) is 0.429. The number of aliphatic carboxylic acids is 1. The summed E-state index contributed by atoms with van der Waals surface area (Å²) in [6, 6.07) is 0. The molecule has 1 atom stereocenters. The molecule has 3 nitrogen and oxygen atoms in total. The molecule has 0 fully saturated rings. The topological polar surface area (TPSA) is 54.4 Å². The number of carboxylic acids is 1. The summed E-state index contributed by atoms with van der Waals surface area (Å²) in [5.41, 5.74) is 0.177. The van der Waals surface area contributed by atoms with Crippen LogP contribution >= 0.6 is 0 Å². The fourth-order valence-corrected chi connectivity index (χ4v) is 0.480. The highest BCUT2D eigenvalue weighted by Crippen LogP contribution is 1.99. The molecule has 10 heavy (non-hydrogen) atoms. The van der Waals surface area contributed by atoms with Crippen LogP contribution in [0.5, 0.6) is 0 Å². The monoisotopic (exact) mass is 141 g/mol. The van der Waals surface area contributed by atoms with Crippen molar-refractivity contribution in [3.8, 4) is 0 Å². The Hall–Kier alpha value is -1.12. The van der Waals surface area contributed by atoms with Crippen molar-refractivity contribution in [2.24, 2.45) is 5.92 Å². The first-order chi connectivity index (χ1) is 4.57. The van der Waals surface area contributed by atoms with E-state index in [0.29, 0.717) is 0 Å². The molecule has 3 heteroatoms. The quantitative estimate of drug-likeness (QED) is 0.590. The summed E-state index contributed by atoms with van der Waals surface area (Å²) in [4.78, 5) is 20.1. The van der Waals surface area contributed by atoms with Gasteiger partial charge in [-0.1, -0.05) is 13.0 Å². The van der Waals surface area contributed by atoms with Gasteiger partial charge < -0.3 is 5.11 Å². The lowest BCUT2D eigenvalue weighted by Gasteiger charge is -1.93. The Bertz CT molecular complexity index is 170. The number of allylic oxidation sites excluding steroid dienone is 1. The molecule has 55 valence electrons. The molecule has 0 aromatic carbocycles. The second-order valence-electron chi connectivity index (χ2n) is 2.06. The van der Waals surface area contributed by atoms with Crippen molar-refractivity contribution in [1.82, 2.24) is 0 Å². The van der Waals surface area contributed by atoms with Crippen LogP contribution in [0.4, 0.5) is 0 Å². The molecule has 0 aromatic heterocycles. The van der Waals surface area contributed by atoms with Crippen LogP contribution in [-0.2, 0) is 9.59 Å². The summed E-state index contributed by atoms with van der Waals surface area (Å²) < 4.78 is 0. The van der Waals surface area contributed by atoms with Gasteiger partial charge in [0, 0.05) is 11.5 Å². The van der Waals surface area contributed by atoms with Crippen LogP contribution in [0.3, 0.4) is 0 Å². The molecule has 1 unspecified atom stereocenters. The van der Waals surface area contributed by atoms with E-state index >= 15 is 0 Å². The molecule has 0 aliphatic rings. The highest BCUT2D eigenvalue weighted by Gasteiger charge is 2.02. The average molecular weight is 141 g/mol. The van der Waals surface area contributed by atoms with E-state index in [1.165, 1.54) is 13.0 Å². The van der Waals surface area contributed by atoms with Gasteiger partial charge in [-0.2, -0.15) is 0 Å². The Morgan fingerprint density at radius 1 is 1.70 bits per heavy atom. The molecule has 1 N–H and O–H groups in total. The van der Waals surface area contributed by atoms with Gasteiger partial charge in [0.05, 0.1) is 0 Å². The third kappa shape index (κ3) is 3.02. The second-order valence-corrected chi connectivity index (χ2v) is 2.06. The SMILES string of the molecule is CC(=CC(C)[C]=O)C(=O)O. The summed E-state index contributed by atoms with van der Waals surface area (Å²) in [5.74, 6) is -1.43. The van der Waals surface area contributed by atoms with Crippen molar-refractivity contribution in [2.75, 3.05) is 0 Å². The largest absolute Gasteiger partial charge is 0.478 e. The first kappa shape index (κ1) is 8.88. The van der Waals surface area contributed by atoms with E-state index in [-0.39, 0.29) is 5.57 Å². The van der Waals surface area contributed by atoms with Crippen LogP contribution in [0.2, 0.25) is 0 Å². The molecule has 0 saturated carbocycles. The maximum Gasteiger partial charge on any atom is 0.330 e. The van der Waals surface area contributed by atoms with Crippen molar-refractivity contribution in [3.63, 3.8) is 0 Å². The third-order valence-electron chi connectivity index (χ3n) is 1.02. The van der Waals surface area contributed by atoms with Gasteiger partial charge in [-0.3, -0.25) is 4.79 Å². The molecule has 0 aliphatic heterocycles. The van der Waals surface area contributed by atoms with Crippen molar-refractivity contribution < 1.29 is 14.7 Å². The van der Waals surface area contributed by atoms with Gasteiger partial charge >= 0.3 is 5.97 Å². The summed E-state index contributed by atoms with van der Waals surface area (Å²) in [5, 5.41) is 8.33. The van der Waals surface area contributed by atoms with Gasteiger partial charge in [-0.05, 0) is 6.92 Å². The lowest BCUT2D eigenvalue weighted by atomic mass is 10.1. The average Bonchev–Trinajstić information content (AvgIpc) is 1.87. The maximum absolute atomic E-state index is 10.2. The predicted molar refractivity (Wildman–Crippen MR) is 36.3 cm³/mol. The lowest BCUT2D eigenvalue weighted by molar-refractivity contribution is -0.132. The van der Waals surface area contributed by atoms with Crippen LogP contribution in [0, 0.1) is 5.92 Å². The summed E-state index contributed by atoms with van der Waals surface area (Å²) in [6.07, 6.45) is 3.02. The van der Waals surface area contributed by atoms with Gasteiger partial charge in [0.2, 0.25) is 6.29 Å². The molecule has 0 heterocycles. The van der Waals surface area contributed by atoms with E-state index < -0.39 is 11.9 Å². The molecule has 0 amide bonds. The number of carbonyl (C=O) groups is 1. The molecular weight excluding hydrogens is 132 g/mol. The van der Waals surface area contributed by atoms with Gasteiger partial charge in [-0.15, -0.1) is 0 Å². The zero-order valence-electron chi connectivity index (χ0n) is 5.92. The first-order valence-corrected chi connectivity index (χ1v) is 2.87. The smallest absolute Gasteiger partial charge is 0.330 e. The van der Waals surface area contributed by atoms with Crippen molar-refractivity contribution in [2.45, 2.75) is 13.8 Å². The minimum Gasteiger partial charge on any atom is -0.478 e. The molecule has 0 bridgehead atoms. The number of hydrogen-bond donors (Lipinski definition) is 1. The van der Waals surface area contributed by atoms with E-state index in [9.17, 15) is 9.59 Å². The molecule has 0 saturated heterocycles. The van der Waals surface area contributed by atoms with E-state index in [1.54, 1.807) is 13.2 Å².